The Morgan fingerprint density at radius 1 is 0.737 bits per heavy atom. The van der Waals surface area contributed by atoms with Gasteiger partial charge >= 0.3 is 57.4 Å². The fourth-order valence-corrected chi connectivity index (χ4v) is 0.500. The van der Waals surface area contributed by atoms with Crippen LogP contribution in [0.1, 0.15) is 25.7 Å². The maximum absolute atomic E-state index is 9.95. The predicted octanol–water partition coefficient (Wildman–Crippen LogP) is -3.32. The molecule has 0 bridgehead atoms. The Morgan fingerprint density at radius 3 is 1.16 bits per heavy atom. The molecule has 0 spiro atoms. The number of hydrogen-bond donors (Lipinski definition) is 2. The Morgan fingerprint density at radius 2 is 1.00 bits per heavy atom. The molecule has 0 saturated carbocycles. The normalized spacial score (nSPS) is 8.11. The average molecular weight is 354 g/mol. The van der Waals surface area contributed by atoms with E-state index in [0.29, 0.717) is 0 Å². The molecule has 0 aliphatic heterocycles. The molecular weight excluding hydrogens is 344 g/mol. The molecule has 0 aliphatic rings. The van der Waals surface area contributed by atoms with Crippen molar-refractivity contribution < 1.29 is 49.7 Å². The summed E-state index contributed by atoms with van der Waals surface area (Å²) in [6.45, 7) is 0. The van der Waals surface area contributed by atoms with E-state index < -0.39 is 36.7 Å². The van der Waals surface area contributed by atoms with Gasteiger partial charge in [0.05, 0.1) is 12.8 Å². The van der Waals surface area contributed by atoms with Crippen LogP contribution in [0, 0.1) is 0 Å². The molecule has 2 N–H and O–H groups in total. The van der Waals surface area contributed by atoms with E-state index in [0.717, 1.165) is 0 Å². The van der Waals surface area contributed by atoms with Crippen LogP contribution >= 0.6 is 0 Å². The third-order valence-electron chi connectivity index (χ3n) is 1.27. The molecule has 104 valence electrons. The largest absolute Gasteiger partial charge is 2.00 e. The summed E-state index contributed by atoms with van der Waals surface area (Å²) >= 11 is 0. The molecule has 19 heavy (non-hydrogen) atoms. The van der Waals surface area contributed by atoms with Gasteiger partial charge < -0.3 is 29.6 Å². The van der Waals surface area contributed by atoms with E-state index in [1.165, 1.54) is 0 Å². The van der Waals surface area contributed by atoms with Crippen LogP contribution in [-0.2, 0) is 29.0 Å². The SMILES string of the molecule is O=C([O-])CCC(=O)OO.O=C([O-])CCC(=O)OO.[Sr+2]. The van der Waals surface area contributed by atoms with Gasteiger partial charge in [-0.25, -0.2) is 9.59 Å². The van der Waals surface area contributed by atoms with E-state index in [1.807, 2.05) is 0 Å². The number of rotatable bonds is 6. The summed E-state index contributed by atoms with van der Waals surface area (Å²) in [6.07, 6.45) is -1.59. The Balaban J connectivity index is -0.000000256. The van der Waals surface area contributed by atoms with E-state index in [9.17, 15) is 29.4 Å². The first-order valence-electron chi connectivity index (χ1n) is 4.41. The first-order valence-corrected chi connectivity index (χ1v) is 4.41. The van der Waals surface area contributed by atoms with E-state index in [2.05, 4.69) is 9.78 Å². The van der Waals surface area contributed by atoms with E-state index in [1.54, 1.807) is 0 Å². The van der Waals surface area contributed by atoms with Crippen molar-refractivity contribution >= 4 is 69.4 Å². The maximum Gasteiger partial charge on any atom is 2.00 e. The number of carboxylic acids is 2. The van der Waals surface area contributed by atoms with Crippen molar-refractivity contribution in [1.29, 1.82) is 0 Å². The first kappa shape index (κ1) is 23.4. The molecule has 0 fully saturated rings. The van der Waals surface area contributed by atoms with Gasteiger partial charge in [-0.2, -0.15) is 10.5 Å². The Hall–Kier alpha value is -0.719. The Kier molecular flexibility index (Phi) is 18.9. The molecule has 0 amide bonds. The van der Waals surface area contributed by atoms with Crippen molar-refractivity contribution in [2.45, 2.75) is 25.7 Å². The quantitative estimate of drug-likeness (QED) is 0.279. The molecule has 0 aromatic carbocycles. The van der Waals surface area contributed by atoms with Crippen molar-refractivity contribution in [3.63, 3.8) is 0 Å². The molecule has 0 saturated heterocycles. The van der Waals surface area contributed by atoms with Crippen LogP contribution in [0.3, 0.4) is 0 Å². The van der Waals surface area contributed by atoms with Crippen molar-refractivity contribution in [2.24, 2.45) is 0 Å². The maximum atomic E-state index is 9.95. The predicted molar refractivity (Wildman–Crippen MR) is 51.7 cm³/mol. The van der Waals surface area contributed by atoms with Gasteiger partial charge in [0.25, 0.3) is 0 Å². The van der Waals surface area contributed by atoms with E-state index in [4.69, 9.17) is 10.5 Å². The summed E-state index contributed by atoms with van der Waals surface area (Å²) in [5.74, 6) is -4.64. The second kappa shape index (κ2) is 15.3. The summed E-state index contributed by atoms with van der Waals surface area (Å²) in [5, 5.41) is 34.4. The zero-order valence-electron chi connectivity index (χ0n) is 9.70. The van der Waals surface area contributed by atoms with Gasteiger partial charge in [-0.3, -0.25) is 0 Å². The molecule has 10 nitrogen and oxygen atoms in total. The van der Waals surface area contributed by atoms with Crippen LogP contribution in [0.15, 0.2) is 0 Å². The van der Waals surface area contributed by atoms with Gasteiger partial charge in [0.1, 0.15) is 0 Å². The van der Waals surface area contributed by atoms with Gasteiger partial charge in [0.15, 0.2) is 0 Å². The van der Waals surface area contributed by atoms with Crippen molar-refractivity contribution in [3.8, 4) is 0 Å². The Bertz CT molecular complexity index is 272. The minimum absolute atomic E-state index is 0. The second-order valence-electron chi connectivity index (χ2n) is 2.67. The molecule has 11 heteroatoms. The monoisotopic (exact) mass is 354 g/mol. The fourth-order valence-electron chi connectivity index (χ4n) is 0.500. The molecule has 0 atom stereocenters. The van der Waals surface area contributed by atoms with Gasteiger partial charge in [-0.1, -0.05) is 0 Å². The summed E-state index contributed by atoms with van der Waals surface area (Å²) in [4.78, 5) is 45.5. The van der Waals surface area contributed by atoms with Crippen molar-refractivity contribution in [1.82, 2.24) is 0 Å². The second-order valence-corrected chi connectivity index (χ2v) is 2.67. The smallest absolute Gasteiger partial charge is 0.550 e. The molecule has 0 aromatic rings. The number of carbonyl (C=O) groups excluding carboxylic acids is 4. The zero-order chi connectivity index (χ0) is 14.6. The fraction of sp³-hybridized carbons (Fsp3) is 0.500. The van der Waals surface area contributed by atoms with Crippen molar-refractivity contribution in [3.05, 3.63) is 0 Å². The minimum atomic E-state index is -1.35. The number of carboxylic acid groups (broad SMARTS) is 2. The standard InChI is InChI=1S/2C4H6O5.Sr/c2*5-3(6)1-2-4(7)9-8;/h2*8H,1-2H2,(H,5,6);/q;;+2/p-2. The molecule has 0 aliphatic carbocycles. The third kappa shape index (κ3) is 22.9. The first-order chi connectivity index (χ1) is 8.33. The number of hydrogen-bond acceptors (Lipinski definition) is 10. The third-order valence-corrected chi connectivity index (χ3v) is 1.27. The van der Waals surface area contributed by atoms with Gasteiger partial charge in [-0.05, 0) is 12.8 Å². The summed E-state index contributed by atoms with van der Waals surface area (Å²) < 4.78 is 0. The molecule has 0 aromatic heterocycles. The Labute approximate surface area is 144 Å². The van der Waals surface area contributed by atoms with Crippen LogP contribution in [0.5, 0.6) is 0 Å². The molecule has 0 radical (unpaired) electrons. The van der Waals surface area contributed by atoms with Crippen LogP contribution in [0.4, 0.5) is 0 Å². The number of aliphatic carboxylic acids is 2. The van der Waals surface area contributed by atoms with E-state index >= 15 is 0 Å². The molecule has 0 heterocycles. The molecule has 0 unspecified atom stereocenters. The van der Waals surface area contributed by atoms with Gasteiger partial charge in [-0.15, -0.1) is 0 Å². The van der Waals surface area contributed by atoms with Gasteiger partial charge in [0.2, 0.25) is 0 Å². The van der Waals surface area contributed by atoms with Crippen LogP contribution in [-0.4, -0.2) is 79.9 Å². The summed E-state index contributed by atoms with van der Waals surface area (Å²) in [6, 6.07) is 0. The summed E-state index contributed by atoms with van der Waals surface area (Å²) in [5.41, 5.74) is 0. The summed E-state index contributed by atoms with van der Waals surface area (Å²) in [7, 11) is 0. The van der Waals surface area contributed by atoms with Gasteiger partial charge in [0, 0.05) is 11.9 Å². The number of carbonyl (C=O) groups is 4. The van der Waals surface area contributed by atoms with E-state index in [-0.39, 0.29) is 58.3 Å². The topological polar surface area (TPSA) is 173 Å². The van der Waals surface area contributed by atoms with Crippen LogP contribution in [0.2, 0.25) is 0 Å². The van der Waals surface area contributed by atoms with Crippen LogP contribution < -0.4 is 10.2 Å². The van der Waals surface area contributed by atoms with Crippen LogP contribution in [0.25, 0.3) is 0 Å². The minimum Gasteiger partial charge on any atom is -0.550 e. The van der Waals surface area contributed by atoms with Crippen molar-refractivity contribution in [2.75, 3.05) is 0 Å². The molecule has 0 rings (SSSR count). The molecular formula is C8H10O10Sr. The zero-order valence-corrected chi connectivity index (χ0v) is 13.2. The average Bonchev–Trinajstić information content (AvgIpc) is 2.33.